The number of likely N-dealkylation sites (N-methyl/N-ethyl adjacent to an activating group) is 2. The molecule has 1 aromatic heterocycles. The van der Waals surface area contributed by atoms with E-state index in [1.807, 2.05) is 47.2 Å². The number of carbonyl (C=O) groups excluding carboxylic acids is 2. The van der Waals surface area contributed by atoms with Crippen LogP contribution in [0.15, 0.2) is 29.3 Å². The Morgan fingerprint density at radius 3 is 2.59 bits per heavy atom. The monoisotopic (exact) mass is 368 g/mol. The Morgan fingerprint density at radius 2 is 1.93 bits per heavy atom. The fraction of sp³-hybridized carbons (Fsp3) is 0.368. The summed E-state index contributed by atoms with van der Waals surface area (Å²) in [6.45, 7) is 6.07. The molecule has 3 amide bonds. The molecule has 2 aromatic rings. The molecule has 8 heteroatoms. The summed E-state index contributed by atoms with van der Waals surface area (Å²) in [6, 6.07) is 6.69. The third kappa shape index (κ3) is 2.16. The zero-order valence-electron chi connectivity index (χ0n) is 16.1. The molecule has 1 unspecified atom stereocenters. The summed E-state index contributed by atoms with van der Waals surface area (Å²) in [5.41, 5.74) is 2.73. The van der Waals surface area contributed by atoms with Crippen LogP contribution in [0.3, 0.4) is 0 Å². The number of fused-ring (bicyclic) bond motifs is 3. The van der Waals surface area contributed by atoms with Crippen LogP contribution in [0.2, 0.25) is 0 Å². The van der Waals surface area contributed by atoms with E-state index in [-0.39, 0.29) is 11.9 Å². The predicted octanol–water partition coefficient (Wildman–Crippen LogP) is 1.89. The number of para-hydroxylation sites is 2. The first-order valence-corrected chi connectivity index (χ1v) is 8.86. The minimum atomic E-state index is -0.627. The molecule has 0 radical (unpaired) electrons. The quantitative estimate of drug-likeness (QED) is 0.777. The number of aromatic nitrogens is 2. The molecule has 1 fully saturated rings. The number of ether oxygens (including phenoxy) is 1. The van der Waals surface area contributed by atoms with Gasteiger partial charge in [-0.05, 0) is 32.9 Å². The van der Waals surface area contributed by atoms with Crippen molar-refractivity contribution in [2.24, 2.45) is 4.99 Å². The van der Waals surface area contributed by atoms with E-state index in [1.54, 1.807) is 21.1 Å². The number of amidine groups is 1. The van der Waals surface area contributed by atoms with Crippen molar-refractivity contribution in [3.63, 3.8) is 0 Å². The summed E-state index contributed by atoms with van der Waals surface area (Å²) in [4.78, 5) is 33.0. The molecule has 4 rings (SSSR count). The number of carbonyl (C=O) groups is 2. The van der Waals surface area contributed by atoms with Gasteiger partial charge in [0.1, 0.15) is 17.1 Å². The number of benzene rings is 1. The number of urea groups is 1. The lowest BCUT2D eigenvalue weighted by Gasteiger charge is -2.32. The number of nitrogens with zero attached hydrogens (tertiary/aromatic N) is 5. The zero-order valence-corrected chi connectivity index (χ0v) is 16.1. The number of imide groups is 1. The van der Waals surface area contributed by atoms with E-state index in [2.05, 4.69) is 0 Å². The first-order chi connectivity index (χ1) is 12.9. The standard InChI is InChI=1S/C19H22N5O3/c1-6-22-17(25)15-16(21(4)19(22)26)20-18-23(11(2)12(3)24(15)18)13-9-7-8-10-14(13)27-5/h7-10,15H,6H2,1-5H3/q+1. The van der Waals surface area contributed by atoms with Gasteiger partial charge in [-0.15, -0.1) is 0 Å². The maximum Gasteiger partial charge on any atom is 0.407 e. The lowest BCUT2D eigenvalue weighted by Crippen LogP contribution is -2.63. The van der Waals surface area contributed by atoms with Gasteiger partial charge in [0.2, 0.25) is 11.9 Å². The molecule has 0 spiro atoms. The Morgan fingerprint density at radius 1 is 1.22 bits per heavy atom. The van der Waals surface area contributed by atoms with Crippen molar-refractivity contribution in [2.75, 3.05) is 20.7 Å². The van der Waals surface area contributed by atoms with E-state index in [1.165, 1.54) is 9.80 Å². The predicted molar refractivity (Wildman–Crippen MR) is 98.7 cm³/mol. The molecule has 1 atom stereocenters. The zero-order chi connectivity index (χ0) is 19.5. The van der Waals surface area contributed by atoms with Crippen LogP contribution < -0.4 is 9.30 Å². The second-order valence-corrected chi connectivity index (χ2v) is 6.64. The first kappa shape index (κ1) is 17.3. The van der Waals surface area contributed by atoms with E-state index < -0.39 is 6.04 Å². The lowest BCUT2D eigenvalue weighted by molar-refractivity contribution is -0.682. The van der Waals surface area contributed by atoms with Gasteiger partial charge in [0.05, 0.1) is 7.11 Å². The second kappa shape index (κ2) is 5.94. The second-order valence-electron chi connectivity index (χ2n) is 6.64. The maximum atomic E-state index is 13.0. The molecule has 0 aliphatic carbocycles. The number of aliphatic imine (C=N–C) groups is 1. The lowest BCUT2D eigenvalue weighted by atomic mass is 10.1. The number of hydrogen-bond acceptors (Lipinski definition) is 4. The fourth-order valence-corrected chi connectivity index (χ4v) is 3.83. The van der Waals surface area contributed by atoms with Crippen LogP contribution in [0.1, 0.15) is 24.4 Å². The molecule has 1 saturated heterocycles. The highest BCUT2D eigenvalue weighted by molar-refractivity contribution is 6.19. The number of rotatable bonds is 3. The van der Waals surface area contributed by atoms with Gasteiger partial charge in [-0.25, -0.2) is 9.36 Å². The Kier molecular flexibility index (Phi) is 3.80. The smallest absolute Gasteiger partial charge is 0.407 e. The summed E-state index contributed by atoms with van der Waals surface area (Å²) in [7, 11) is 3.28. The highest BCUT2D eigenvalue weighted by Gasteiger charge is 2.54. The van der Waals surface area contributed by atoms with E-state index in [9.17, 15) is 9.59 Å². The third-order valence-corrected chi connectivity index (χ3v) is 5.36. The number of hydrogen-bond donors (Lipinski definition) is 0. The largest absolute Gasteiger partial charge is 0.493 e. The van der Waals surface area contributed by atoms with Crippen molar-refractivity contribution in [2.45, 2.75) is 26.8 Å². The first-order valence-electron chi connectivity index (χ1n) is 8.86. The normalized spacial score (nSPS) is 18.6. The Balaban J connectivity index is 1.97. The van der Waals surface area contributed by atoms with Crippen LogP contribution >= 0.6 is 0 Å². The molecular formula is C19H22N5O3+. The Labute approximate surface area is 157 Å². The molecule has 2 aliphatic rings. The van der Waals surface area contributed by atoms with Crippen LogP contribution in [-0.4, -0.2) is 52.8 Å². The highest BCUT2D eigenvalue weighted by atomic mass is 16.5. The van der Waals surface area contributed by atoms with E-state index in [0.717, 1.165) is 17.1 Å². The van der Waals surface area contributed by atoms with Crippen LogP contribution in [0.25, 0.3) is 5.69 Å². The highest BCUT2D eigenvalue weighted by Crippen LogP contribution is 2.35. The van der Waals surface area contributed by atoms with Crippen molar-refractivity contribution in [1.29, 1.82) is 0 Å². The van der Waals surface area contributed by atoms with E-state index in [4.69, 9.17) is 9.73 Å². The summed E-state index contributed by atoms with van der Waals surface area (Å²) in [6.07, 6.45) is 0. The van der Waals surface area contributed by atoms with Gasteiger partial charge in [-0.1, -0.05) is 17.1 Å². The van der Waals surface area contributed by atoms with Gasteiger partial charge in [0.15, 0.2) is 5.75 Å². The van der Waals surface area contributed by atoms with Crippen molar-refractivity contribution in [1.82, 2.24) is 14.4 Å². The molecule has 8 nitrogen and oxygen atoms in total. The van der Waals surface area contributed by atoms with Gasteiger partial charge >= 0.3 is 12.0 Å². The van der Waals surface area contributed by atoms with E-state index >= 15 is 0 Å². The Hall–Kier alpha value is -3.16. The summed E-state index contributed by atoms with van der Waals surface area (Å²) >= 11 is 0. The van der Waals surface area contributed by atoms with Gasteiger partial charge in [-0.2, -0.15) is 4.57 Å². The van der Waals surface area contributed by atoms with Crippen LogP contribution in [0, 0.1) is 13.8 Å². The molecule has 0 N–H and O–H groups in total. The average Bonchev–Trinajstić information content (AvgIpc) is 3.16. The van der Waals surface area contributed by atoms with Crippen LogP contribution in [0.5, 0.6) is 5.75 Å². The number of imidazole rings is 1. The van der Waals surface area contributed by atoms with Crippen molar-refractivity contribution in [3.05, 3.63) is 35.7 Å². The molecule has 1 aromatic carbocycles. The fourth-order valence-electron chi connectivity index (χ4n) is 3.83. The summed E-state index contributed by atoms with van der Waals surface area (Å²) in [5.74, 6) is 1.53. The number of amides is 3. The summed E-state index contributed by atoms with van der Waals surface area (Å²) < 4.78 is 9.40. The number of methoxy groups -OCH3 is 1. The minimum absolute atomic E-state index is 0.247. The summed E-state index contributed by atoms with van der Waals surface area (Å²) in [5, 5.41) is 0. The van der Waals surface area contributed by atoms with Crippen LogP contribution in [-0.2, 0) is 4.79 Å². The molecule has 0 saturated carbocycles. The SMILES string of the molecule is CCN1C(=O)C2C(=Nc3n(-c4ccccc4OC)c(C)c(C)[n+]32)N(C)C1=O. The van der Waals surface area contributed by atoms with Crippen molar-refractivity contribution in [3.8, 4) is 11.4 Å². The topological polar surface area (TPSA) is 71.0 Å². The third-order valence-electron chi connectivity index (χ3n) is 5.36. The molecule has 140 valence electrons. The van der Waals surface area contributed by atoms with E-state index in [0.29, 0.717) is 24.1 Å². The van der Waals surface area contributed by atoms with Crippen molar-refractivity contribution >= 4 is 23.7 Å². The average molecular weight is 368 g/mol. The van der Waals surface area contributed by atoms with Gasteiger partial charge in [0, 0.05) is 13.6 Å². The van der Waals surface area contributed by atoms with Gasteiger partial charge in [-0.3, -0.25) is 14.6 Å². The van der Waals surface area contributed by atoms with Gasteiger partial charge < -0.3 is 4.74 Å². The molecule has 2 aliphatic heterocycles. The molecule has 0 bridgehead atoms. The maximum absolute atomic E-state index is 13.0. The van der Waals surface area contributed by atoms with Crippen LogP contribution in [0.4, 0.5) is 10.7 Å². The minimum Gasteiger partial charge on any atom is -0.493 e. The Bertz CT molecular complexity index is 1010. The van der Waals surface area contributed by atoms with Crippen molar-refractivity contribution < 1.29 is 18.9 Å². The molecule has 27 heavy (non-hydrogen) atoms. The molecule has 3 heterocycles. The molecular weight excluding hydrogens is 346 g/mol. The van der Waals surface area contributed by atoms with Gasteiger partial charge in [0.25, 0.3) is 5.91 Å².